The first-order valence-corrected chi connectivity index (χ1v) is 6.06. The third-order valence-electron chi connectivity index (χ3n) is 3.80. The first-order chi connectivity index (χ1) is 8.70. The van der Waals surface area contributed by atoms with Gasteiger partial charge in [0.15, 0.2) is 11.6 Å². The van der Waals surface area contributed by atoms with Crippen molar-refractivity contribution < 1.29 is 13.9 Å². The van der Waals surface area contributed by atoms with Crippen molar-refractivity contribution in [3.05, 3.63) is 29.6 Å². The summed E-state index contributed by atoms with van der Waals surface area (Å²) in [5.41, 5.74) is 0.339. The van der Waals surface area contributed by atoms with Gasteiger partial charge in [-0.1, -0.05) is 0 Å². The third-order valence-corrected chi connectivity index (χ3v) is 3.80. The topological polar surface area (TPSA) is 50.4 Å². The molecule has 1 aromatic carbocycles. The molecule has 0 bridgehead atoms. The van der Waals surface area contributed by atoms with Crippen LogP contribution in [0.25, 0.3) is 0 Å². The Balaban J connectivity index is 0.00000133. The number of ether oxygens (including phenoxy) is 1. The van der Waals surface area contributed by atoms with Crippen LogP contribution in [0, 0.1) is 17.7 Å². The number of amides is 1. The number of piperidine rings is 1. The minimum absolute atomic E-state index is 0. The Morgan fingerprint density at radius 2 is 2.11 bits per heavy atom. The van der Waals surface area contributed by atoms with Crippen molar-refractivity contribution in [3.8, 4) is 5.75 Å². The van der Waals surface area contributed by atoms with Gasteiger partial charge < -0.3 is 15.4 Å². The fourth-order valence-electron chi connectivity index (χ4n) is 2.67. The van der Waals surface area contributed by atoms with E-state index in [9.17, 15) is 9.18 Å². The van der Waals surface area contributed by atoms with E-state index in [4.69, 9.17) is 4.74 Å². The van der Waals surface area contributed by atoms with Gasteiger partial charge in [-0.3, -0.25) is 4.79 Å². The highest BCUT2D eigenvalue weighted by molar-refractivity contribution is 5.94. The van der Waals surface area contributed by atoms with Gasteiger partial charge in [-0.05, 0) is 30.0 Å². The largest absolute Gasteiger partial charge is 0.494 e. The molecule has 1 heterocycles. The summed E-state index contributed by atoms with van der Waals surface area (Å²) < 4.78 is 18.3. The van der Waals surface area contributed by atoms with E-state index in [1.54, 1.807) is 6.07 Å². The fraction of sp³-hybridized carbons (Fsp3) is 0.462. The second-order valence-electron chi connectivity index (χ2n) is 4.83. The smallest absolute Gasteiger partial charge is 0.251 e. The molecular formula is C13H16ClFN2O2. The van der Waals surface area contributed by atoms with E-state index in [2.05, 4.69) is 10.6 Å². The van der Waals surface area contributed by atoms with Gasteiger partial charge in [0.05, 0.1) is 7.11 Å². The summed E-state index contributed by atoms with van der Waals surface area (Å²) >= 11 is 0. The van der Waals surface area contributed by atoms with E-state index < -0.39 is 5.82 Å². The maximum atomic E-state index is 13.5. The van der Waals surface area contributed by atoms with Crippen molar-refractivity contribution >= 4 is 18.3 Å². The predicted molar refractivity (Wildman–Crippen MR) is 71.3 cm³/mol. The van der Waals surface area contributed by atoms with Crippen molar-refractivity contribution in [2.75, 3.05) is 20.2 Å². The second kappa shape index (κ2) is 5.35. The van der Waals surface area contributed by atoms with E-state index >= 15 is 0 Å². The molecule has 2 unspecified atom stereocenters. The summed E-state index contributed by atoms with van der Waals surface area (Å²) in [5.74, 6) is 0.534. The molecule has 19 heavy (non-hydrogen) atoms. The Kier molecular flexibility index (Phi) is 3.96. The lowest BCUT2D eigenvalue weighted by molar-refractivity contribution is 0.0946. The number of benzene rings is 1. The van der Waals surface area contributed by atoms with Gasteiger partial charge in [0.25, 0.3) is 5.91 Å². The molecule has 6 heteroatoms. The summed E-state index contributed by atoms with van der Waals surface area (Å²) in [7, 11) is 1.40. The molecule has 0 spiro atoms. The SMILES string of the molecule is COc1ccc(C(=O)NC2C3CNCC32)cc1F.Cl. The zero-order valence-electron chi connectivity index (χ0n) is 10.5. The molecule has 0 radical (unpaired) electrons. The Morgan fingerprint density at radius 3 is 2.68 bits per heavy atom. The zero-order chi connectivity index (χ0) is 12.7. The molecule has 1 aliphatic heterocycles. The van der Waals surface area contributed by atoms with Crippen LogP contribution in [0.2, 0.25) is 0 Å². The Labute approximate surface area is 117 Å². The number of methoxy groups -OCH3 is 1. The zero-order valence-corrected chi connectivity index (χ0v) is 11.3. The summed E-state index contributed by atoms with van der Waals surface area (Å²) in [6, 6.07) is 4.52. The molecular weight excluding hydrogens is 271 g/mol. The van der Waals surface area contributed by atoms with Crippen LogP contribution in [0.1, 0.15) is 10.4 Å². The van der Waals surface area contributed by atoms with E-state index in [0.29, 0.717) is 17.4 Å². The number of carbonyl (C=O) groups is 1. The Morgan fingerprint density at radius 1 is 1.42 bits per heavy atom. The van der Waals surface area contributed by atoms with Crippen LogP contribution in [0.4, 0.5) is 4.39 Å². The highest BCUT2D eigenvalue weighted by Crippen LogP contribution is 2.41. The number of hydrogen-bond acceptors (Lipinski definition) is 3. The van der Waals surface area contributed by atoms with Crippen LogP contribution in [0.15, 0.2) is 18.2 Å². The number of halogens is 2. The maximum Gasteiger partial charge on any atom is 0.251 e. The van der Waals surface area contributed by atoms with Crippen LogP contribution in [-0.2, 0) is 0 Å². The van der Waals surface area contributed by atoms with Crippen LogP contribution in [-0.4, -0.2) is 32.1 Å². The molecule has 2 aliphatic rings. The maximum absolute atomic E-state index is 13.5. The quantitative estimate of drug-likeness (QED) is 0.878. The average molecular weight is 287 g/mol. The van der Waals surface area contributed by atoms with Crippen molar-refractivity contribution in [2.24, 2.45) is 11.8 Å². The van der Waals surface area contributed by atoms with Crippen molar-refractivity contribution in [1.82, 2.24) is 10.6 Å². The van der Waals surface area contributed by atoms with Gasteiger partial charge >= 0.3 is 0 Å². The minimum Gasteiger partial charge on any atom is -0.494 e. The van der Waals surface area contributed by atoms with Crippen LogP contribution >= 0.6 is 12.4 Å². The summed E-state index contributed by atoms with van der Waals surface area (Å²) in [6.45, 7) is 1.93. The van der Waals surface area contributed by atoms with Crippen molar-refractivity contribution in [2.45, 2.75) is 6.04 Å². The van der Waals surface area contributed by atoms with Crippen LogP contribution in [0.3, 0.4) is 0 Å². The van der Waals surface area contributed by atoms with E-state index in [1.165, 1.54) is 19.2 Å². The Bertz CT molecular complexity index is 488. The minimum atomic E-state index is -0.511. The lowest BCUT2D eigenvalue weighted by atomic mass is 10.2. The first kappa shape index (κ1) is 14.1. The van der Waals surface area contributed by atoms with Crippen molar-refractivity contribution in [1.29, 1.82) is 0 Å². The first-order valence-electron chi connectivity index (χ1n) is 6.06. The van der Waals surface area contributed by atoms with Gasteiger partial charge in [0.1, 0.15) is 0 Å². The molecule has 1 amide bonds. The molecule has 1 saturated carbocycles. The summed E-state index contributed by atoms with van der Waals surface area (Å²) in [4.78, 5) is 11.9. The normalized spacial score (nSPS) is 27.2. The Hall–Kier alpha value is -1.33. The molecule has 4 nitrogen and oxygen atoms in total. The van der Waals surface area contributed by atoms with Crippen molar-refractivity contribution in [3.63, 3.8) is 0 Å². The second-order valence-corrected chi connectivity index (χ2v) is 4.83. The lowest BCUT2D eigenvalue weighted by Crippen LogP contribution is -2.32. The van der Waals surface area contributed by atoms with E-state index in [1.807, 2.05) is 0 Å². The highest BCUT2D eigenvalue weighted by Gasteiger charge is 2.53. The highest BCUT2D eigenvalue weighted by atomic mass is 35.5. The predicted octanol–water partition coefficient (Wildman–Crippen LogP) is 1.20. The van der Waals surface area contributed by atoms with Gasteiger partial charge in [-0.15, -0.1) is 12.4 Å². The number of hydrogen-bond donors (Lipinski definition) is 2. The molecule has 104 valence electrons. The molecule has 2 atom stereocenters. The van der Waals surface area contributed by atoms with Crippen LogP contribution < -0.4 is 15.4 Å². The van der Waals surface area contributed by atoms with Gasteiger partial charge in [0.2, 0.25) is 0 Å². The monoisotopic (exact) mass is 286 g/mol. The number of carbonyl (C=O) groups excluding carboxylic acids is 1. The number of fused-ring (bicyclic) bond motifs is 1. The molecule has 1 aliphatic carbocycles. The summed E-state index contributed by atoms with van der Waals surface area (Å²) in [6.07, 6.45) is 0. The standard InChI is InChI=1S/C13H15FN2O2.ClH/c1-18-11-3-2-7(4-10(11)14)13(17)16-12-8-5-15-6-9(8)12;/h2-4,8-9,12,15H,5-6H2,1H3,(H,16,17);1H. The molecule has 2 N–H and O–H groups in total. The number of nitrogens with one attached hydrogen (secondary N) is 2. The fourth-order valence-corrected chi connectivity index (χ4v) is 2.67. The van der Waals surface area contributed by atoms with Gasteiger partial charge in [0, 0.05) is 24.7 Å². The molecule has 0 aromatic heterocycles. The van der Waals surface area contributed by atoms with E-state index in [0.717, 1.165) is 13.1 Å². The molecule has 2 fully saturated rings. The molecule has 1 aromatic rings. The number of rotatable bonds is 3. The average Bonchev–Trinajstić information content (AvgIpc) is 2.82. The van der Waals surface area contributed by atoms with E-state index in [-0.39, 0.29) is 30.1 Å². The molecule has 1 saturated heterocycles. The van der Waals surface area contributed by atoms with Gasteiger partial charge in [-0.2, -0.15) is 0 Å². The van der Waals surface area contributed by atoms with Gasteiger partial charge in [-0.25, -0.2) is 4.39 Å². The lowest BCUT2D eigenvalue weighted by Gasteiger charge is -2.08. The molecule has 3 rings (SSSR count). The summed E-state index contributed by atoms with van der Waals surface area (Å²) in [5, 5.41) is 6.21. The third kappa shape index (κ3) is 2.53. The van der Waals surface area contributed by atoms with Crippen LogP contribution in [0.5, 0.6) is 5.75 Å².